The average molecular weight is 379 g/mol. The van der Waals surface area contributed by atoms with Gasteiger partial charge in [0.25, 0.3) is 0 Å². The molecule has 4 rings (SSSR count). The van der Waals surface area contributed by atoms with Crippen LogP contribution in [0.5, 0.6) is 0 Å². The number of thiazole rings is 1. The van der Waals surface area contributed by atoms with Crippen molar-refractivity contribution in [2.24, 2.45) is 0 Å². The summed E-state index contributed by atoms with van der Waals surface area (Å²) in [5.74, 6) is -0.171. The number of benzene rings is 2. The smallest absolute Gasteiger partial charge is 0.250 e. The largest absolute Gasteiger partial charge is 0.379 e. The standard InChI is InChI=1S/C21H21N3O2S/c25-20(9-8-17-6-3-5-16-4-1-2-7-19(16)17)23-21-22-18(15-27-21)14-24-10-12-26-13-11-24/h1-9,15H,10-14H2,(H,22,23,25)/b9-8-. The van der Waals surface area contributed by atoms with Crippen LogP contribution in [0.25, 0.3) is 16.8 Å². The van der Waals surface area contributed by atoms with Crippen molar-refractivity contribution in [3.8, 4) is 0 Å². The highest BCUT2D eigenvalue weighted by atomic mass is 32.1. The van der Waals surface area contributed by atoms with Crippen LogP contribution in [-0.2, 0) is 16.1 Å². The van der Waals surface area contributed by atoms with E-state index < -0.39 is 0 Å². The minimum atomic E-state index is -0.171. The lowest BCUT2D eigenvalue weighted by molar-refractivity contribution is -0.111. The SMILES string of the molecule is O=C(/C=C\c1cccc2ccccc12)Nc1nc(CN2CCOCC2)cs1. The summed E-state index contributed by atoms with van der Waals surface area (Å²) >= 11 is 1.46. The molecule has 1 saturated heterocycles. The van der Waals surface area contributed by atoms with Gasteiger partial charge in [0.05, 0.1) is 18.9 Å². The van der Waals surface area contributed by atoms with Crippen molar-refractivity contribution in [1.29, 1.82) is 0 Å². The molecule has 3 aromatic rings. The second-order valence-electron chi connectivity index (χ2n) is 6.42. The van der Waals surface area contributed by atoms with Crippen molar-refractivity contribution in [3.05, 3.63) is 65.2 Å². The summed E-state index contributed by atoms with van der Waals surface area (Å²) in [6.45, 7) is 4.18. The number of ether oxygens (including phenoxy) is 1. The number of nitrogens with one attached hydrogen (secondary N) is 1. The molecule has 2 heterocycles. The highest BCUT2D eigenvalue weighted by molar-refractivity contribution is 7.13. The van der Waals surface area contributed by atoms with Crippen molar-refractivity contribution in [1.82, 2.24) is 9.88 Å². The number of hydrogen-bond donors (Lipinski definition) is 1. The van der Waals surface area contributed by atoms with Gasteiger partial charge in [-0.1, -0.05) is 42.5 Å². The highest BCUT2D eigenvalue weighted by Crippen LogP contribution is 2.20. The Morgan fingerprint density at radius 3 is 2.89 bits per heavy atom. The van der Waals surface area contributed by atoms with Crippen LogP contribution in [0, 0.1) is 0 Å². The normalized spacial score (nSPS) is 15.4. The number of carbonyl (C=O) groups is 1. The molecule has 0 aliphatic carbocycles. The van der Waals surface area contributed by atoms with Crippen molar-refractivity contribution in [2.75, 3.05) is 31.6 Å². The molecule has 138 valence electrons. The van der Waals surface area contributed by atoms with Gasteiger partial charge in [-0.25, -0.2) is 4.98 Å². The first-order valence-electron chi connectivity index (χ1n) is 8.99. The summed E-state index contributed by atoms with van der Waals surface area (Å²) < 4.78 is 5.36. The van der Waals surface area contributed by atoms with Crippen LogP contribution in [0.4, 0.5) is 5.13 Å². The van der Waals surface area contributed by atoms with Crippen LogP contribution in [0.1, 0.15) is 11.3 Å². The lowest BCUT2D eigenvalue weighted by atomic mass is 10.0. The monoisotopic (exact) mass is 379 g/mol. The number of aromatic nitrogens is 1. The van der Waals surface area contributed by atoms with Crippen molar-refractivity contribution < 1.29 is 9.53 Å². The lowest BCUT2D eigenvalue weighted by Gasteiger charge is -2.25. The number of hydrogen-bond acceptors (Lipinski definition) is 5. The van der Waals surface area contributed by atoms with E-state index in [-0.39, 0.29) is 5.91 Å². The number of morpholine rings is 1. The zero-order chi connectivity index (χ0) is 18.5. The third-order valence-corrected chi connectivity index (χ3v) is 5.32. The summed E-state index contributed by atoms with van der Waals surface area (Å²) in [5.41, 5.74) is 2.01. The molecule has 2 aromatic carbocycles. The molecule has 0 atom stereocenters. The number of carbonyl (C=O) groups excluding carboxylic acids is 1. The Morgan fingerprint density at radius 1 is 1.19 bits per heavy atom. The molecule has 0 bridgehead atoms. The fourth-order valence-corrected chi connectivity index (χ4v) is 3.84. The average Bonchev–Trinajstić information content (AvgIpc) is 3.13. The second kappa shape index (κ2) is 8.43. The third-order valence-electron chi connectivity index (χ3n) is 4.51. The Hall–Kier alpha value is -2.54. The fraction of sp³-hybridized carbons (Fsp3) is 0.238. The van der Waals surface area contributed by atoms with E-state index in [1.165, 1.54) is 11.3 Å². The van der Waals surface area contributed by atoms with Crippen molar-refractivity contribution >= 4 is 39.2 Å². The van der Waals surface area contributed by atoms with Gasteiger partial charge >= 0.3 is 0 Å². The number of rotatable bonds is 5. The van der Waals surface area contributed by atoms with Gasteiger partial charge in [-0.3, -0.25) is 15.0 Å². The van der Waals surface area contributed by atoms with Gasteiger partial charge < -0.3 is 4.74 Å². The van der Waals surface area contributed by atoms with Crippen LogP contribution in [0.15, 0.2) is 53.9 Å². The van der Waals surface area contributed by atoms with E-state index in [1.54, 1.807) is 6.08 Å². The van der Waals surface area contributed by atoms with Crippen molar-refractivity contribution in [3.63, 3.8) is 0 Å². The van der Waals surface area contributed by atoms with Gasteiger partial charge in [0.15, 0.2) is 5.13 Å². The molecule has 5 nitrogen and oxygen atoms in total. The van der Waals surface area contributed by atoms with Crippen LogP contribution >= 0.6 is 11.3 Å². The molecule has 1 amide bonds. The Morgan fingerprint density at radius 2 is 2.00 bits per heavy atom. The van der Waals surface area contributed by atoms with Crippen LogP contribution in [-0.4, -0.2) is 42.1 Å². The zero-order valence-corrected chi connectivity index (χ0v) is 15.7. The third kappa shape index (κ3) is 4.60. The van der Waals surface area contributed by atoms with E-state index in [0.29, 0.717) is 5.13 Å². The fourth-order valence-electron chi connectivity index (χ4n) is 3.13. The summed E-state index contributed by atoms with van der Waals surface area (Å²) in [5, 5.41) is 7.78. The maximum atomic E-state index is 12.3. The number of amides is 1. The molecule has 1 aromatic heterocycles. The highest BCUT2D eigenvalue weighted by Gasteiger charge is 2.13. The first kappa shape index (κ1) is 17.9. The molecule has 0 radical (unpaired) electrons. The Balaban J connectivity index is 1.38. The molecular formula is C21H21N3O2S. The second-order valence-corrected chi connectivity index (χ2v) is 7.28. The predicted octanol–water partition coefficient (Wildman–Crippen LogP) is 3.78. The molecule has 1 aliphatic heterocycles. The number of anilines is 1. The van der Waals surface area contributed by atoms with E-state index in [0.717, 1.165) is 54.9 Å². The Kier molecular flexibility index (Phi) is 5.58. The van der Waals surface area contributed by atoms with E-state index >= 15 is 0 Å². The van der Waals surface area contributed by atoms with Gasteiger partial charge in [-0.15, -0.1) is 11.3 Å². The van der Waals surface area contributed by atoms with Crippen LogP contribution in [0.3, 0.4) is 0 Å². The van der Waals surface area contributed by atoms with E-state index in [2.05, 4.69) is 33.4 Å². The predicted molar refractivity (Wildman–Crippen MR) is 110 cm³/mol. The maximum Gasteiger partial charge on any atom is 0.250 e. The zero-order valence-electron chi connectivity index (χ0n) is 14.9. The molecule has 0 unspecified atom stereocenters. The first-order chi connectivity index (χ1) is 13.3. The van der Waals surface area contributed by atoms with Gasteiger partial charge in [0, 0.05) is 31.1 Å². The Labute approximate surface area is 162 Å². The molecular weight excluding hydrogens is 358 g/mol. The minimum Gasteiger partial charge on any atom is -0.379 e. The number of fused-ring (bicyclic) bond motifs is 1. The van der Waals surface area contributed by atoms with Gasteiger partial charge in [-0.05, 0) is 22.4 Å². The molecule has 27 heavy (non-hydrogen) atoms. The molecule has 0 saturated carbocycles. The summed E-state index contributed by atoms with van der Waals surface area (Å²) in [4.78, 5) is 19.1. The summed E-state index contributed by atoms with van der Waals surface area (Å²) in [6.07, 6.45) is 3.41. The molecule has 1 N–H and O–H groups in total. The molecule has 1 aliphatic rings. The summed E-state index contributed by atoms with van der Waals surface area (Å²) in [6, 6.07) is 14.2. The van der Waals surface area contributed by atoms with E-state index in [4.69, 9.17) is 4.74 Å². The topological polar surface area (TPSA) is 54.5 Å². The van der Waals surface area contributed by atoms with E-state index in [1.807, 2.05) is 35.7 Å². The molecule has 0 spiro atoms. The van der Waals surface area contributed by atoms with Crippen molar-refractivity contribution in [2.45, 2.75) is 6.54 Å². The molecule has 6 heteroatoms. The first-order valence-corrected chi connectivity index (χ1v) is 9.87. The van der Waals surface area contributed by atoms with Crippen LogP contribution in [0.2, 0.25) is 0 Å². The molecule has 1 fully saturated rings. The Bertz CT molecular complexity index is 955. The van der Waals surface area contributed by atoms with Gasteiger partial charge in [0.2, 0.25) is 5.91 Å². The quantitative estimate of drug-likeness (QED) is 0.686. The van der Waals surface area contributed by atoms with Gasteiger partial charge in [-0.2, -0.15) is 0 Å². The lowest BCUT2D eigenvalue weighted by Crippen LogP contribution is -2.35. The summed E-state index contributed by atoms with van der Waals surface area (Å²) in [7, 11) is 0. The minimum absolute atomic E-state index is 0.171. The van der Waals surface area contributed by atoms with Gasteiger partial charge in [0.1, 0.15) is 0 Å². The van der Waals surface area contributed by atoms with E-state index in [9.17, 15) is 4.79 Å². The maximum absolute atomic E-state index is 12.3. The number of nitrogens with zero attached hydrogens (tertiary/aromatic N) is 2. The van der Waals surface area contributed by atoms with Crippen LogP contribution < -0.4 is 5.32 Å².